The number of fused-ring (bicyclic) bond motifs is 3. The van der Waals surface area contributed by atoms with E-state index in [0.717, 1.165) is 22.5 Å². The average molecular weight is 486 g/mol. The fourth-order valence-electron chi connectivity index (χ4n) is 4.47. The number of nitrogens with one attached hydrogen (secondary N) is 1. The number of halogens is 1. The van der Waals surface area contributed by atoms with Gasteiger partial charge in [0.25, 0.3) is 0 Å². The van der Waals surface area contributed by atoms with Crippen LogP contribution >= 0.6 is 11.6 Å². The van der Waals surface area contributed by atoms with Gasteiger partial charge in [-0.15, -0.1) is 0 Å². The van der Waals surface area contributed by atoms with Crippen LogP contribution in [-0.2, 0) is 11.3 Å². The summed E-state index contributed by atoms with van der Waals surface area (Å²) in [4.78, 5) is 27.8. The first-order chi connectivity index (χ1) is 17.0. The van der Waals surface area contributed by atoms with Gasteiger partial charge in [-0.25, -0.2) is 9.59 Å². The molecule has 5 rings (SSSR count). The quantitative estimate of drug-likeness (QED) is 0.338. The molecule has 0 saturated carbocycles. The molecule has 3 aromatic carbocycles. The largest absolute Gasteiger partial charge is 0.462 e. The predicted octanol–water partition coefficient (Wildman–Crippen LogP) is 6.44. The van der Waals surface area contributed by atoms with Crippen LogP contribution in [0.1, 0.15) is 40.1 Å². The summed E-state index contributed by atoms with van der Waals surface area (Å²) in [6.45, 7) is 2.44. The minimum atomic E-state index is -0.427. The normalized spacial score (nSPS) is 14.5. The zero-order valence-corrected chi connectivity index (χ0v) is 19.9. The van der Waals surface area contributed by atoms with E-state index in [1.807, 2.05) is 60.8 Å². The van der Waals surface area contributed by atoms with Crippen molar-refractivity contribution in [1.82, 2.24) is 9.47 Å². The molecule has 4 aromatic rings. The van der Waals surface area contributed by atoms with Gasteiger partial charge in [0.1, 0.15) is 0 Å². The Bertz CT molecular complexity index is 1380. The zero-order chi connectivity index (χ0) is 24.4. The lowest BCUT2D eigenvalue weighted by Crippen LogP contribution is -2.38. The zero-order valence-electron chi connectivity index (χ0n) is 19.1. The van der Waals surface area contributed by atoms with Gasteiger partial charge in [0.2, 0.25) is 0 Å². The van der Waals surface area contributed by atoms with Gasteiger partial charge in [0.15, 0.2) is 0 Å². The van der Waals surface area contributed by atoms with Crippen LogP contribution in [0.15, 0.2) is 91.1 Å². The number of rotatable bonds is 4. The van der Waals surface area contributed by atoms with Crippen LogP contribution in [0.4, 0.5) is 10.5 Å². The number of hydrogen-bond acceptors (Lipinski definition) is 3. The van der Waals surface area contributed by atoms with Gasteiger partial charge in [-0.3, -0.25) is 0 Å². The van der Waals surface area contributed by atoms with Gasteiger partial charge < -0.3 is 19.5 Å². The van der Waals surface area contributed by atoms with Crippen molar-refractivity contribution in [1.29, 1.82) is 0 Å². The van der Waals surface area contributed by atoms with E-state index >= 15 is 0 Å². The molecule has 2 amide bonds. The number of amides is 2. The number of urea groups is 1. The van der Waals surface area contributed by atoms with Crippen molar-refractivity contribution in [3.8, 4) is 5.69 Å². The number of benzene rings is 3. The summed E-state index contributed by atoms with van der Waals surface area (Å²) in [5.41, 5.74) is 4.87. The van der Waals surface area contributed by atoms with E-state index < -0.39 is 5.97 Å². The molecule has 1 aliphatic heterocycles. The number of carbonyl (C=O) groups excluding carboxylic acids is 2. The fourth-order valence-corrected chi connectivity index (χ4v) is 4.59. The van der Waals surface area contributed by atoms with Crippen LogP contribution in [0.2, 0.25) is 5.02 Å². The average Bonchev–Trinajstić information content (AvgIpc) is 3.29. The minimum absolute atomic E-state index is 0.282. The summed E-state index contributed by atoms with van der Waals surface area (Å²) in [6.07, 6.45) is 2.02. The number of aromatic nitrogens is 1. The SMILES string of the molecule is CCOC(=O)c1cccc(NC(=O)N2Cc3ccccc3-n3cccc3[C@@H]2c2ccc(Cl)cc2)c1. The Morgan fingerprint density at radius 3 is 2.60 bits per heavy atom. The summed E-state index contributed by atoms with van der Waals surface area (Å²) in [5.74, 6) is -0.427. The second-order valence-electron chi connectivity index (χ2n) is 8.25. The molecule has 0 aliphatic carbocycles. The van der Waals surface area contributed by atoms with Gasteiger partial charge in [-0.2, -0.15) is 0 Å². The third kappa shape index (κ3) is 4.53. The minimum Gasteiger partial charge on any atom is -0.462 e. The molecule has 176 valence electrons. The molecule has 0 unspecified atom stereocenters. The summed E-state index contributed by atoms with van der Waals surface area (Å²) in [5, 5.41) is 3.62. The van der Waals surface area contributed by atoms with Crippen molar-refractivity contribution in [3.05, 3.63) is 119 Å². The molecule has 0 spiro atoms. The summed E-state index contributed by atoms with van der Waals surface area (Å²) in [7, 11) is 0. The Morgan fingerprint density at radius 2 is 1.80 bits per heavy atom. The molecule has 7 heteroatoms. The number of nitrogens with zero attached hydrogens (tertiary/aromatic N) is 2. The van der Waals surface area contributed by atoms with E-state index in [2.05, 4.69) is 16.0 Å². The van der Waals surface area contributed by atoms with Gasteiger partial charge >= 0.3 is 12.0 Å². The molecule has 0 fully saturated rings. The van der Waals surface area contributed by atoms with Crippen LogP contribution < -0.4 is 5.32 Å². The first-order valence-electron chi connectivity index (χ1n) is 11.4. The third-order valence-corrected chi connectivity index (χ3v) is 6.29. The standard InChI is InChI=1S/C28H24ClN3O3/c1-2-35-27(33)20-8-5-9-23(17-20)30-28(34)32-18-21-7-3-4-10-24(21)31-16-6-11-25(31)26(32)19-12-14-22(29)15-13-19/h3-17,26H,2,18H2,1H3,(H,30,34)/t26-/m0/s1. The number of carbonyl (C=O) groups is 2. The van der Waals surface area contributed by atoms with Crippen LogP contribution in [0, 0.1) is 0 Å². The van der Waals surface area contributed by atoms with Gasteiger partial charge in [-0.05, 0) is 66.6 Å². The Balaban J connectivity index is 1.55. The highest BCUT2D eigenvalue weighted by Gasteiger charge is 2.33. The highest BCUT2D eigenvalue weighted by atomic mass is 35.5. The van der Waals surface area contributed by atoms with E-state index in [1.165, 1.54) is 0 Å². The molecule has 0 radical (unpaired) electrons. The molecule has 1 atom stereocenters. The lowest BCUT2D eigenvalue weighted by molar-refractivity contribution is 0.0526. The molecule has 1 N–H and O–H groups in total. The topological polar surface area (TPSA) is 63.6 Å². The van der Waals surface area contributed by atoms with Crippen molar-refractivity contribution < 1.29 is 14.3 Å². The van der Waals surface area contributed by atoms with Crippen molar-refractivity contribution in [2.75, 3.05) is 11.9 Å². The smallest absolute Gasteiger partial charge is 0.338 e. The summed E-state index contributed by atoms with van der Waals surface area (Å²) >= 11 is 6.17. The van der Waals surface area contributed by atoms with Crippen LogP contribution in [0.3, 0.4) is 0 Å². The van der Waals surface area contributed by atoms with Crippen LogP contribution in [0.5, 0.6) is 0 Å². The Labute approximate surface area is 208 Å². The van der Waals surface area contributed by atoms with E-state index in [0.29, 0.717) is 22.8 Å². The fraction of sp³-hybridized carbons (Fsp3) is 0.143. The van der Waals surface area contributed by atoms with E-state index in [9.17, 15) is 9.59 Å². The maximum atomic E-state index is 13.8. The molecular weight excluding hydrogens is 462 g/mol. The number of esters is 1. The van der Waals surface area contributed by atoms with Crippen molar-refractivity contribution in [3.63, 3.8) is 0 Å². The van der Waals surface area contributed by atoms with Crippen molar-refractivity contribution >= 4 is 29.3 Å². The van der Waals surface area contributed by atoms with Gasteiger partial charge in [0, 0.05) is 22.6 Å². The maximum absolute atomic E-state index is 13.8. The van der Waals surface area contributed by atoms with E-state index in [1.54, 1.807) is 36.1 Å². The lowest BCUT2D eigenvalue weighted by Gasteiger charge is -2.31. The highest BCUT2D eigenvalue weighted by molar-refractivity contribution is 6.30. The number of ether oxygens (including phenoxy) is 1. The molecule has 2 heterocycles. The Kier molecular flexibility index (Phi) is 6.29. The Hall–Kier alpha value is -4.03. The number of para-hydroxylation sites is 1. The second kappa shape index (κ2) is 9.68. The van der Waals surface area contributed by atoms with Crippen molar-refractivity contribution in [2.24, 2.45) is 0 Å². The summed E-state index contributed by atoms with van der Waals surface area (Å²) < 4.78 is 7.23. The lowest BCUT2D eigenvalue weighted by atomic mass is 10.0. The monoisotopic (exact) mass is 485 g/mol. The van der Waals surface area contributed by atoms with Crippen molar-refractivity contribution in [2.45, 2.75) is 19.5 Å². The maximum Gasteiger partial charge on any atom is 0.338 e. The molecule has 35 heavy (non-hydrogen) atoms. The number of hydrogen-bond donors (Lipinski definition) is 1. The van der Waals surface area contributed by atoms with E-state index in [4.69, 9.17) is 16.3 Å². The highest BCUT2D eigenvalue weighted by Crippen LogP contribution is 2.37. The molecular formula is C28H24ClN3O3. The molecule has 1 aromatic heterocycles. The molecule has 6 nitrogen and oxygen atoms in total. The van der Waals surface area contributed by atoms with E-state index in [-0.39, 0.29) is 18.7 Å². The summed E-state index contributed by atoms with van der Waals surface area (Å²) in [6, 6.07) is 25.8. The first-order valence-corrected chi connectivity index (χ1v) is 11.8. The van der Waals surface area contributed by atoms with Crippen LogP contribution in [0.25, 0.3) is 5.69 Å². The van der Waals surface area contributed by atoms with Gasteiger partial charge in [-0.1, -0.05) is 48.0 Å². The predicted molar refractivity (Wildman–Crippen MR) is 136 cm³/mol. The van der Waals surface area contributed by atoms with Crippen LogP contribution in [-0.4, -0.2) is 28.1 Å². The van der Waals surface area contributed by atoms with Gasteiger partial charge in [0.05, 0.1) is 30.4 Å². The Morgan fingerprint density at radius 1 is 1.00 bits per heavy atom. The second-order valence-corrected chi connectivity index (χ2v) is 8.68. The first kappa shape index (κ1) is 22.7. The molecule has 0 saturated heterocycles. The molecule has 1 aliphatic rings. The number of anilines is 1. The molecule has 0 bridgehead atoms. The third-order valence-electron chi connectivity index (χ3n) is 6.04.